The first kappa shape index (κ1) is 26.8. The van der Waals surface area contributed by atoms with Crippen LogP contribution in [0.5, 0.6) is 0 Å². The molecule has 196 valence electrons. The van der Waals surface area contributed by atoms with E-state index in [9.17, 15) is 4.79 Å². The Balaban J connectivity index is 1.79. The molecule has 37 heavy (non-hydrogen) atoms. The Morgan fingerprint density at radius 1 is 1.35 bits per heavy atom. The molecule has 0 saturated heterocycles. The van der Waals surface area contributed by atoms with E-state index >= 15 is 4.39 Å². The van der Waals surface area contributed by atoms with Gasteiger partial charge in [0.2, 0.25) is 0 Å². The van der Waals surface area contributed by atoms with Crippen molar-refractivity contribution in [2.24, 2.45) is 4.99 Å². The number of amidine groups is 1. The van der Waals surface area contributed by atoms with Crippen LogP contribution >= 0.6 is 11.6 Å². The Bertz CT molecular complexity index is 1300. The largest absolute Gasteiger partial charge is 0.375 e. The Kier molecular flexibility index (Phi) is 8.24. The van der Waals surface area contributed by atoms with Gasteiger partial charge in [0.05, 0.1) is 12.2 Å². The van der Waals surface area contributed by atoms with Crippen LogP contribution in [0, 0.1) is 5.82 Å². The molecule has 0 N–H and O–H groups in total. The zero-order valence-electron chi connectivity index (χ0n) is 21.8. The summed E-state index contributed by atoms with van der Waals surface area (Å²) in [5.41, 5.74) is 2.06. The molecule has 1 unspecified atom stereocenters. The number of likely N-dealkylation sites (N-methyl/N-ethyl adjacent to an activating group) is 1. The summed E-state index contributed by atoms with van der Waals surface area (Å²) >= 11 is 6.01. The van der Waals surface area contributed by atoms with Gasteiger partial charge in [0, 0.05) is 62.2 Å². The quantitative estimate of drug-likeness (QED) is 0.191. The molecule has 10 heteroatoms. The van der Waals surface area contributed by atoms with Crippen molar-refractivity contribution in [3.63, 3.8) is 0 Å². The molecule has 1 saturated carbocycles. The lowest BCUT2D eigenvalue weighted by Crippen LogP contribution is -2.30. The van der Waals surface area contributed by atoms with Gasteiger partial charge < -0.3 is 14.5 Å². The van der Waals surface area contributed by atoms with Crippen LogP contribution < -0.4 is 4.90 Å². The van der Waals surface area contributed by atoms with Gasteiger partial charge in [-0.15, -0.1) is 0 Å². The number of anilines is 1. The number of nitrogens with zero attached hydrogens (tertiary/aromatic N) is 6. The molecule has 4 rings (SSSR count). The lowest BCUT2D eigenvalue weighted by atomic mass is 10.1. The van der Waals surface area contributed by atoms with Crippen molar-refractivity contribution in [2.75, 3.05) is 39.2 Å². The van der Waals surface area contributed by atoms with Crippen molar-refractivity contribution in [2.45, 2.75) is 38.8 Å². The van der Waals surface area contributed by atoms with Crippen LogP contribution in [-0.2, 0) is 4.74 Å². The van der Waals surface area contributed by atoms with E-state index in [-0.39, 0.29) is 22.4 Å². The summed E-state index contributed by atoms with van der Waals surface area (Å²) in [5, 5.41) is 4.76. The zero-order chi connectivity index (χ0) is 26.7. The van der Waals surface area contributed by atoms with Gasteiger partial charge in [-0.05, 0) is 51.0 Å². The summed E-state index contributed by atoms with van der Waals surface area (Å²) in [6.07, 6.45) is 6.61. The number of hydrogen-bond donors (Lipinski definition) is 0. The van der Waals surface area contributed by atoms with Gasteiger partial charge in [0.15, 0.2) is 6.29 Å². The maximum absolute atomic E-state index is 15.1. The highest BCUT2D eigenvalue weighted by Crippen LogP contribution is 2.38. The number of aromatic nitrogens is 3. The van der Waals surface area contributed by atoms with Gasteiger partial charge in [-0.2, -0.15) is 5.10 Å². The van der Waals surface area contributed by atoms with Crippen molar-refractivity contribution < 1.29 is 13.9 Å². The third kappa shape index (κ3) is 5.99. The number of ether oxygens (including phenoxy) is 1. The van der Waals surface area contributed by atoms with Gasteiger partial charge in [-0.25, -0.2) is 14.4 Å². The van der Waals surface area contributed by atoms with Crippen LogP contribution in [-0.4, -0.2) is 66.1 Å². The molecule has 3 aromatic rings. The summed E-state index contributed by atoms with van der Waals surface area (Å²) in [4.78, 5) is 25.5. The molecular formula is C27H32ClFN6O2. The maximum atomic E-state index is 15.1. The highest BCUT2D eigenvalue weighted by atomic mass is 35.5. The highest BCUT2D eigenvalue weighted by Gasteiger charge is 2.27. The van der Waals surface area contributed by atoms with E-state index in [1.54, 1.807) is 25.3 Å². The van der Waals surface area contributed by atoms with E-state index in [1.165, 1.54) is 6.07 Å². The molecule has 0 spiro atoms. The Morgan fingerprint density at radius 3 is 2.70 bits per heavy atom. The van der Waals surface area contributed by atoms with Gasteiger partial charge >= 0.3 is 0 Å². The first-order valence-electron chi connectivity index (χ1n) is 12.3. The fourth-order valence-corrected chi connectivity index (χ4v) is 4.16. The van der Waals surface area contributed by atoms with Crippen LogP contribution in [0.25, 0.3) is 11.3 Å². The van der Waals surface area contributed by atoms with Crippen molar-refractivity contribution in [1.29, 1.82) is 0 Å². The molecule has 8 nitrogen and oxygen atoms in total. The highest BCUT2D eigenvalue weighted by molar-refractivity contribution is 6.30. The van der Waals surface area contributed by atoms with E-state index in [0.29, 0.717) is 42.0 Å². The average Bonchev–Trinajstić information content (AvgIpc) is 3.62. The molecular weight excluding hydrogens is 495 g/mol. The summed E-state index contributed by atoms with van der Waals surface area (Å²) in [5.74, 6) is 0.623. The maximum Gasteiger partial charge on any atom is 0.152 e. The minimum Gasteiger partial charge on any atom is -0.375 e. The molecule has 1 aliphatic carbocycles. The van der Waals surface area contributed by atoms with E-state index in [0.717, 1.165) is 24.7 Å². The van der Waals surface area contributed by atoms with Gasteiger partial charge in [-0.3, -0.25) is 9.48 Å². The Morgan fingerprint density at radius 2 is 2.11 bits per heavy atom. The topological polar surface area (TPSA) is 75.8 Å². The van der Waals surface area contributed by atoms with E-state index in [4.69, 9.17) is 21.3 Å². The van der Waals surface area contributed by atoms with Crippen LogP contribution in [0.1, 0.15) is 54.8 Å². The number of aliphatic imine (C=N–C) groups is 1. The Labute approximate surface area is 221 Å². The second-order valence-corrected chi connectivity index (χ2v) is 9.75. The molecule has 1 fully saturated rings. The van der Waals surface area contributed by atoms with Crippen molar-refractivity contribution >= 4 is 35.2 Å². The smallest absolute Gasteiger partial charge is 0.152 e. The van der Waals surface area contributed by atoms with Crippen LogP contribution in [0.4, 0.5) is 15.9 Å². The molecule has 2 aromatic heterocycles. The molecule has 0 bridgehead atoms. The van der Waals surface area contributed by atoms with E-state index in [2.05, 4.69) is 10.1 Å². The van der Waals surface area contributed by atoms with Crippen molar-refractivity contribution in [3.05, 3.63) is 58.6 Å². The second kappa shape index (κ2) is 11.4. The third-order valence-corrected chi connectivity index (χ3v) is 6.77. The number of rotatable bonds is 10. The van der Waals surface area contributed by atoms with E-state index < -0.39 is 5.82 Å². The number of halogens is 2. The first-order chi connectivity index (χ1) is 17.7. The predicted molar refractivity (Wildman–Crippen MR) is 145 cm³/mol. The standard InChI is InChI=1S/C27H32ClFN6O2/c1-6-34(15-24(37-5)19-13-30-35(14-19)21-8-9-21)25-11-18(16-36)26(31-17(2)33(3)4)27(32-25)22-10-7-20(28)12-23(22)29/h7,10-14,16,21,24H,6,8-9,15H2,1-5H3. The Hall–Kier alpha value is -3.30. The SMILES string of the molecule is CCN(CC(OC)c1cnn(C2CC2)c1)c1cc(C=O)c(N=C(C)N(C)C)c(-c2ccc(Cl)cc2F)n1. The van der Waals surface area contributed by atoms with Gasteiger partial charge in [0.1, 0.15) is 35.0 Å². The van der Waals surface area contributed by atoms with Crippen LogP contribution in [0.3, 0.4) is 0 Å². The predicted octanol–water partition coefficient (Wildman–Crippen LogP) is 5.71. The minimum atomic E-state index is -0.543. The van der Waals surface area contributed by atoms with Crippen molar-refractivity contribution in [1.82, 2.24) is 19.7 Å². The van der Waals surface area contributed by atoms with E-state index in [1.807, 2.05) is 54.8 Å². The number of hydrogen-bond acceptors (Lipinski definition) is 6. The van der Waals surface area contributed by atoms with Crippen LogP contribution in [0.15, 0.2) is 41.7 Å². The normalized spacial score (nSPS) is 14.5. The van der Waals surface area contributed by atoms with Gasteiger partial charge in [-0.1, -0.05) is 11.6 Å². The fraction of sp³-hybridized carbons (Fsp3) is 0.407. The summed E-state index contributed by atoms with van der Waals surface area (Å²) in [6.45, 7) is 4.86. The molecule has 1 atom stereocenters. The zero-order valence-corrected chi connectivity index (χ0v) is 22.5. The molecule has 2 heterocycles. The number of methoxy groups -OCH3 is 1. The fourth-order valence-electron chi connectivity index (χ4n) is 4.00. The third-order valence-electron chi connectivity index (χ3n) is 6.53. The summed E-state index contributed by atoms with van der Waals surface area (Å²) in [7, 11) is 5.35. The number of carbonyl (C=O) groups excluding carboxylic acids is 1. The summed E-state index contributed by atoms with van der Waals surface area (Å²) in [6, 6.07) is 6.55. The lowest BCUT2D eigenvalue weighted by Gasteiger charge is -2.27. The number of carbonyl (C=O) groups is 1. The molecule has 0 amide bonds. The second-order valence-electron chi connectivity index (χ2n) is 9.31. The molecule has 1 aromatic carbocycles. The average molecular weight is 527 g/mol. The first-order valence-corrected chi connectivity index (χ1v) is 12.6. The molecule has 0 aliphatic heterocycles. The number of benzene rings is 1. The molecule has 1 aliphatic rings. The summed E-state index contributed by atoms with van der Waals surface area (Å²) < 4.78 is 22.9. The monoisotopic (exact) mass is 526 g/mol. The van der Waals surface area contributed by atoms with Gasteiger partial charge in [0.25, 0.3) is 0 Å². The minimum absolute atomic E-state index is 0.213. The lowest BCUT2D eigenvalue weighted by molar-refractivity contribution is 0.108. The van der Waals surface area contributed by atoms with Crippen molar-refractivity contribution in [3.8, 4) is 11.3 Å². The number of pyridine rings is 1. The molecule has 0 radical (unpaired) electrons. The van der Waals surface area contributed by atoms with Crippen LogP contribution in [0.2, 0.25) is 5.02 Å². The number of aldehydes is 1.